The molecule has 108 valence electrons. The van der Waals surface area contributed by atoms with Crippen molar-refractivity contribution in [2.75, 3.05) is 38.1 Å². The maximum absolute atomic E-state index is 6.12. The summed E-state index contributed by atoms with van der Waals surface area (Å²) in [5, 5.41) is 3.98. The highest BCUT2D eigenvalue weighted by Gasteiger charge is 2.19. The van der Waals surface area contributed by atoms with Gasteiger partial charge in [0, 0.05) is 42.0 Å². The van der Waals surface area contributed by atoms with E-state index in [1.807, 2.05) is 18.2 Å². The predicted molar refractivity (Wildman–Crippen MR) is 86.2 cm³/mol. The number of likely N-dealkylation sites (N-methyl/N-ethyl adjacent to an activating group) is 1. The molecule has 0 aliphatic carbocycles. The quantitative estimate of drug-likeness (QED) is 0.690. The number of pyridine rings is 1. The van der Waals surface area contributed by atoms with E-state index in [0.717, 1.165) is 53.7 Å². The monoisotopic (exact) mass is 301 g/mol. The number of hydrogen-bond acceptors (Lipinski definition) is 4. The van der Waals surface area contributed by atoms with Crippen LogP contribution in [0.25, 0.3) is 21.7 Å². The molecule has 1 aromatic carbocycles. The smallest absolute Gasteiger partial charge is 0.140 e. The van der Waals surface area contributed by atoms with Gasteiger partial charge < -0.3 is 14.2 Å². The van der Waals surface area contributed by atoms with Crippen LogP contribution in [0.5, 0.6) is 0 Å². The van der Waals surface area contributed by atoms with Gasteiger partial charge in [0.15, 0.2) is 0 Å². The lowest BCUT2D eigenvalue weighted by Crippen LogP contribution is -2.44. The van der Waals surface area contributed by atoms with Crippen molar-refractivity contribution in [1.29, 1.82) is 0 Å². The van der Waals surface area contributed by atoms with Gasteiger partial charge in [-0.2, -0.15) is 0 Å². The fraction of sp³-hybridized carbons (Fsp3) is 0.312. The van der Waals surface area contributed by atoms with Crippen LogP contribution in [-0.2, 0) is 0 Å². The molecule has 2 aromatic heterocycles. The molecule has 3 aromatic rings. The van der Waals surface area contributed by atoms with E-state index in [1.54, 1.807) is 12.5 Å². The Hall–Kier alpha value is -1.78. The van der Waals surface area contributed by atoms with Gasteiger partial charge in [-0.05, 0) is 19.2 Å². The molecule has 0 unspecified atom stereocenters. The molecule has 1 aliphatic heterocycles. The molecule has 1 fully saturated rings. The maximum Gasteiger partial charge on any atom is 0.140 e. The van der Waals surface area contributed by atoms with Crippen LogP contribution >= 0.6 is 11.6 Å². The van der Waals surface area contributed by atoms with Gasteiger partial charge >= 0.3 is 0 Å². The van der Waals surface area contributed by atoms with E-state index < -0.39 is 0 Å². The van der Waals surface area contributed by atoms with E-state index in [2.05, 4.69) is 16.8 Å². The van der Waals surface area contributed by atoms with E-state index in [-0.39, 0.29) is 0 Å². The number of halogens is 1. The van der Waals surface area contributed by atoms with Crippen LogP contribution in [0, 0.1) is 0 Å². The Labute approximate surface area is 127 Å². The molecule has 3 heterocycles. The van der Waals surface area contributed by atoms with Crippen LogP contribution in [0.3, 0.4) is 0 Å². The number of aromatic nitrogens is 1. The van der Waals surface area contributed by atoms with Gasteiger partial charge in [0.05, 0.1) is 17.2 Å². The Morgan fingerprint density at radius 1 is 1.05 bits per heavy atom. The number of benzene rings is 1. The van der Waals surface area contributed by atoms with Gasteiger partial charge in [0.25, 0.3) is 0 Å². The molecule has 1 aliphatic rings. The molecule has 4 nitrogen and oxygen atoms in total. The van der Waals surface area contributed by atoms with Gasteiger partial charge in [-0.3, -0.25) is 0 Å². The topological polar surface area (TPSA) is 32.5 Å². The second-order valence-electron chi connectivity index (χ2n) is 5.59. The van der Waals surface area contributed by atoms with Crippen molar-refractivity contribution in [2.45, 2.75) is 0 Å². The Bertz CT molecular complexity index is 806. The summed E-state index contributed by atoms with van der Waals surface area (Å²) in [7, 11) is 2.15. The Balaban J connectivity index is 1.92. The lowest BCUT2D eigenvalue weighted by Gasteiger charge is -2.33. The highest BCUT2D eigenvalue weighted by Crippen LogP contribution is 2.33. The van der Waals surface area contributed by atoms with Crippen LogP contribution in [0.1, 0.15) is 0 Å². The van der Waals surface area contributed by atoms with Crippen LogP contribution < -0.4 is 4.90 Å². The molecule has 0 radical (unpaired) electrons. The summed E-state index contributed by atoms with van der Waals surface area (Å²) in [6.07, 6.45) is 3.59. The number of fused-ring (bicyclic) bond motifs is 3. The zero-order valence-corrected chi connectivity index (χ0v) is 12.6. The van der Waals surface area contributed by atoms with Crippen molar-refractivity contribution in [2.24, 2.45) is 0 Å². The van der Waals surface area contributed by atoms with Crippen molar-refractivity contribution >= 4 is 39.1 Å². The van der Waals surface area contributed by atoms with E-state index in [4.69, 9.17) is 21.0 Å². The van der Waals surface area contributed by atoms with Gasteiger partial charge in [-0.1, -0.05) is 17.7 Å². The van der Waals surface area contributed by atoms with E-state index in [1.165, 1.54) is 0 Å². The van der Waals surface area contributed by atoms with Crippen LogP contribution in [0.15, 0.2) is 35.1 Å². The number of hydrogen-bond donors (Lipinski definition) is 0. The molecule has 0 N–H and O–H groups in total. The molecule has 21 heavy (non-hydrogen) atoms. The minimum atomic E-state index is 0.710. The predicted octanol–water partition coefficient (Wildman–Crippen LogP) is 3.39. The van der Waals surface area contributed by atoms with Gasteiger partial charge in [-0.25, -0.2) is 4.98 Å². The number of piperazine rings is 1. The molecular formula is C16H16ClN3O. The molecule has 4 rings (SSSR count). The number of rotatable bonds is 1. The van der Waals surface area contributed by atoms with Crippen LogP contribution in [0.4, 0.5) is 5.82 Å². The second kappa shape index (κ2) is 4.90. The minimum Gasteiger partial charge on any atom is -0.471 e. The lowest BCUT2D eigenvalue weighted by molar-refractivity contribution is 0.312. The average molecular weight is 302 g/mol. The largest absolute Gasteiger partial charge is 0.471 e. The van der Waals surface area contributed by atoms with Crippen molar-refractivity contribution < 1.29 is 4.42 Å². The molecule has 5 heteroatoms. The zero-order valence-electron chi connectivity index (χ0n) is 11.8. The molecule has 0 atom stereocenters. The fourth-order valence-corrected chi connectivity index (χ4v) is 3.10. The van der Waals surface area contributed by atoms with E-state index >= 15 is 0 Å². The van der Waals surface area contributed by atoms with Crippen molar-refractivity contribution in [3.63, 3.8) is 0 Å². The molecule has 0 spiro atoms. The third-order valence-corrected chi connectivity index (χ3v) is 4.42. The summed E-state index contributed by atoms with van der Waals surface area (Å²) in [4.78, 5) is 9.51. The SMILES string of the molecule is CN1CCN(c2nc3cc(Cl)ccc3c3cocc23)CC1. The highest BCUT2D eigenvalue weighted by atomic mass is 35.5. The first-order valence-electron chi connectivity index (χ1n) is 7.11. The highest BCUT2D eigenvalue weighted by molar-refractivity contribution is 6.31. The van der Waals surface area contributed by atoms with Crippen molar-refractivity contribution in [3.8, 4) is 0 Å². The summed E-state index contributed by atoms with van der Waals surface area (Å²) in [6.45, 7) is 4.06. The number of anilines is 1. The third-order valence-electron chi connectivity index (χ3n) is 4.18. The lowest BCUT2D eigenvalue weighted by atomic mass is 10.1. The first-order valence-corrected chi connectivity index (χ1v) is 7.49. The molecular weight excluding hydrogens is 286 g/mol. The summed E-state index contributed by atoms with van der Waals surface area (Å²) < 4.78 is 5.45. The third kappa shape index (κ3) is 2.15. The van der Waals surface area contributed by atoms with Crippen LogP contribution in [0.2, 0.25) is 5.02 Å². The Morgan fingerprint density at radius 2 is 1.81 bits per heavy atom. The number of furan rings is 1. The maximum atomic E-state index is 6.12. The first kappa shape index (κ1) is 12.9. The molecule has 0 bridgehead atoms. The van der Waals surface area contributed by atoms with E-state index in [0.29, 0.717) is 5.02 Å². The van der Waals surface area contributed by atoms with Gasteiger partial charge in [0.1, 0.15) is 12.1 Å². The van der Waals surface area contributed by atoms with Gasteiger partial charge in [0.2, 0.25) is 0 Å². The van der Waals surface area contributed by atoms with Crippen LogP contribution in [-0.4, -0.2) is 43.1 Å². The minimum absolute atomic E-state index is 0.710. The first-order chi connectivity index (χ1) is 10.2. The zero-order chi connectivity index (χ0) is 14.4. The summed E-state index contributed by atoms with van der Waals surface area (Å²) in [5.74, 6) is 1.00. The Kier molecular flexibility index (Phi) is 3.01. The number of nitrogens with zero attached hydrogens (tertiary/aromatic N) is 3. The van der Waals surface area contributed by atoms with Crippen molar-refractivity contribution in [1.82, 2.24) is 9.88 Å². The van der Waals surface area contributed by atoms with Crippen molar-refractivity contribution in [3.05, 3.63) is 35.7 Å². The standard InChI is InChI=1S/C16H16ClN3O/c1-19-4-6-20(7-5-19)16-14-10-21-9-13(14)12-3-2-11(17)8-15(12)18-16/h2-3,8-10H,4-7H2,1H3. The summed E-state index contributed by atoms with van der Waals surface area (Å²) in [5.41, 5.74) is 0.922. The summed E-state index contributed by atoms with van der Waals surface area (Å²) >= 11 is 6.12. The van der Waals surface area contributed by atoms with Gasteiger partial charge in [-0.15, -0.1) is 0 Å². The molecule has 1 saturated heterocycles. The average Bonchev–Trinajstić information content (AvgIpc) is 2.96. The summed E-state index contributed by atoms with van der Waals surface area (Å²) in [6, 6.07) is 5.83. The molecule has 0 amide bonds. The normalized spacial score (nSPS) is 17.0. The fourth-order valence-electron chi connectivity index (χ4n) is 2.94. The second-order valence-corrected chi connectivity index (χ2v) is 6.02. The Morgan fingerprint density at radius 3 is 2.62 bits per heavy atom. The molecule has 0 saturated carbocycles. The van der Waals surface area contributed by atoms with E-state index in [9.17, 15) is 0 Å².